The molecule has 7 heteroatoms. The molecule has 0 aliphatic carbocycles. The van der Waals surface area contributed by atoms with Crippen LogP contribution >= 0.6 is 0 Å². The van der Waals surface area contributed by atoms with Gasteiger partial charge in [0.1, 0.15) is 5.82 Å². The number of furan rings is 1. The van der Waals surface area contributed by atoms with E-state index in [-0.39, 0.29) is 23.2 Å². The summed E-state index contributed by atoms with van der Waals surface area (Å²) in [4.78, 5) is 28.1. The summed E-state index contributed by atoms with van der Waals surface area (Å²) in [5, 5.41) is 2.95. The van der Waals surface area contributed by atoms with Gasteiger partial charge in [0, 0.05) is 38.1 Å². The molecule has 0 spiro atoms. The summed E-state index contributed by atoms with van der Waals surface area (Å²) in [6.07, 6.45) is 1.47. The summed E-state index contributed by atoms with van der Waals surface area (Å²) in [7, 11) is 0. The summed E-state index contributed by atoms with van der Waals surface area (Å²) >= 11 is 0. The van der Waals surface area contributed by atoms with Gasteiger partial charge < -0.3 is 19.5 Å². The molecule has 0 saturated carbocycles. The Labute approximate surface area is 157 Å². The van der Waals surface area contributed by atoms with Gasteiger partial charge in [-0.25, -0.2) is 9.18 Å². The number of halogens is 1. The van der Waals surface area contributed by atoms with E-state index in [1.165, 1.54) is 18.4 Å². The van der Waals surface area contributed by atoms with Crippen molar-refractivity contribution in [1.82, 2.24) is 15.1 Å². The fourth-order valence-corrected chi connectivity index (χ4v) is 3.08. The smallest absolute Gasteiger partial charge is 0.317 e. The lowest BCUT2D eigenvalue weighted by Crippen LogP contribution is -2.54. The van der Waals surface area contributed by atoms with Gasteiger partial charge in [-0.3, -0.25) is 4.79 Å². The van der Waals surface area contributed by atoms with Gasteiger partial charge in [-0.1, -0.05) is 26.0 Å². The quantitative estimate of drug-likeness (QED) is 0.896. The van der Waals surface area contributed by atoms with E-state index in [4.69, 9.17) is 4.42 Å². The summed E-state index contributed by atoms with van der Waals surface area (Å²) < 4.78 is 18.2. The normalized spacial score (nSPS) is 14.9. The number of nitrogens with zero attached hydrogens (tertiary/aromatic N) is 2. The third kappa shape index (κ3) is 4.48. The number of hydrogen-bond donors (Lipinski definition) is 1. The average molecular weight is 373 g/mol. The van der Waals surface area contributed by atoms with E-state index in [1.807, 2.05) is 13.8 Å². The lowest BCUT2D eigenvalue weighted by atomic mass is 9.84. The first-order chi connectivity index (χ1) is 12.9. The number of piperazine rings is 1. The van der Waals surface area contributed by atoms with Crippen LogP contribution in [0.3, 0.4) is 0 Å². The van der Waals surface area contributed by atoms with Crippen molar-refractivity contribution in [3.63, 3.8) is 0 Å². The van der Waals surface area contributed by atoms with E-state index in [0.717, 1.165) is 5.56 Å². The van der Waals surface area contributed by atoms with E-state index in [2.05, 4.69) is 5.32 Å². The second kappa shape index (κ2) is 7.82. The Kier molecular flexibility index (Phi) is 5.48. The van der Waals surface area contributed by atoms with Gasteiger partial charge in [0.05, 0.1) is 6.26 Å². The van der Waals surface area contributed by atoms with Crippen molar-refractivity contribution in [2.45, 2.75) is 19.3 Å². The number of carbonyl (C=O) groups is 2. The van der Waals surface area contributed by atoms with E-state index >= 15 is 0 Å². The molecule has 2 heterocycles. The van der Waals surface area contributed by atoms with Crippen LogP contribution in [0.5, 0.6) is 0 Å². The number of urea groups is 1. The van der Waals surface area contributed by atoms with Crippen molar-refractivity contribution >= 4 is 11.9 Å². The lowest BCUT2D eigenvalue weighted by molar-refractivity contribution is 0.0633. The highest BCUT2D eigenvalue weighted by molar-refractivity contribution is 5.91. The van der Waals surface area contributed by atoms with Crippen LogP contribution in [-0.2, 0) is 5.41 Å². The van der Waals surface area contributed by atoms with Gasteiger partial charge in [0.15, 0.2) is 5.76 Å². The monoisotopic (exact) mass is 373 g/mol. The van der Waals surface area contributed by atoms with Crippen LogP contribution in [0.25, 0.3) is 0 Å². The molecular formula is C20H24FN3O3. The zero-order valence-electron chi connectivity index (χ0n) is 15.6. The average Bonchev–Trinajstić information content (AvgIpc) is 3.21. The standard InChI is InChI=1S/C20H24FN3O3/c1-20(2,15-5-7-16(21)8-6-15)14-22-19(26)24-11-9-23(10-12-24)18(25)17-4-3-13-27-17/h3-8,13H,9-12,14H2,1-2H3,(H,22,26). The molecule has 27 heavy (non-hydrogen) atoms. The van der Waals surface area contributed by atoms with Crippen molar-refractivity contribution < 1.29 is 18.4 Å². The Bertz CT molecular complexity index is 779. The van der Waals surface area contributed by atoms with Crippen molar-refractivity contribution in [2.24, 2.45) is 0 Å². The van der Waals surface area contributed by atoms with Crippen molar-refractivity contribution in [1.29, 1.82) is 0 Å². The van der Waals surface area contributed by atoms with Gasteiger partial charge in [0.2, 0.25) is 0 Å². The second-order valence-corrected chi connectivity index (χ2v) is 7.31. The zero-order valence-corrected chi connectivity index (χ0v) is 15.6. The maximum atomic E-state index is 13.1. The number of nitrogens with one attached hydrogen (secondary N) is 1. The minimum Gasteiger partial charge on any atom is -0.459 e. The van der Waals surface area contributed by atoms with Crippen LogP contribution < -0.4 is 5.32 Å². The number of amides is 3. The minimum atomic E-state index is -0.319. The molecule has 144 valence electrons. The summed E-state index contributed by atoms with van der Waals surface area (Å²) in [5.41, 5.74) is 0.638. The molecule has 1 fully saturated rings. The van der Waals surface area contributed by atoms with Gasteiger partial charge in [-0.2, -0.15) is 0 Å². The highest BCUT2D eigenvalue weighted by atomic mass is 19.1. The van der Waals surface area contributed by atoms with Crippen molar-refractivity contribution in [2.75, 3.05) is 32.7 Å². The Balaban J connectivity index is 1.49. The van der Waals surface area contributed by atoms with Crippen LogP contribution in [0.15, 0.2) is 47.1 Å². The molecule has 1 aliphatic heterocycles. The van der Waals surface area contributed by atoms with Crippen LogP contribution in [0, 0.1) is 5.82 Å². The maximum absolute atomic E-state index is 13.1. The van der Waals surface area contributed by atoms with E-state index < -0.39 is 0 Å². The van der Waals surface area contributed by atoms with Gasteiger partial charge in [-0.15, -0.1) is 0 Å². The van der Waals surface area contributed by atoms with E-state index in [1.54, 1.807) is 34.1 Å². The molecule has 1 aliphatic rings. The Hall–Kier alpha value is -2.83. The van der Waals surface area contributed by atoms with Crippen molar-refractivity contribution in [3.05, 3.63) is 59.8 Å². The number of carbonyl (C=O) groups excluding carboxylic acids is 2. The van der Waals surface area contributed by atoms with E-state index in [9.17, 15) is 14.0 Å². The van der Waals surface area contributed by atoms with Gasteiger partial charge >= 0.3 is 6.03 Å². The zero-order chi connectivity index (χ0) is 19.4. The van der Waals surface area contributed by atoms with Crippen LogP contribution in [0.4, 0.5) is 9.18 Å². The second-order valence-electron chi connectivity index (χ2n) is 7.31. The molecule has 1 N–H and O–H groups in total. The predicted octanol–water partition coefficient (Wildman–Crippen LogP) is 2.86. The van der Waals surface area contributed by atoms with Crippen LogP contribution in [0.1, 0.15) is 30.0 Å². The third-order valence-electron chi connectivity index (χ3n) is 4.89. The summed E-state index contributed by atoms with van der Waals surface area (Å²) in [6, 6.07) is 9.48. The van der Waals surface area contributed by atoms with Crippen LogP contribution in [0.2, 0.25) is 0 Å². The predicted molar refractivity (Wildman–Crippen MR) is 99.0 cm³/mol. The topological polar surface area (TPSA) is 65.8 Å². The van der Waals surface area contributed by atoms with Crippen molar-refractivity contribution in [3.8, 4) is 0 Å². The lowest BCUT2D eigenvalue weighted by Gasteiger charge is -2.35. The molecule has 1 aromatic heterocycles. The molecule has 3 rings (SSSR count). The first-order valence-corrected chi connectivity index (χ1v) is 8.98. The van der Waals surface area contributed by atoms with E-state index in [0.29, 0.717) is 38.5 Å². The molecule has 3 amide bonds. The van der Waals surface area contributed by atoms with Gasteiger partial charge in [0.25, 0.3) is 5.91 Å². The summed E-state index contributed by atoms with van der Waals surface area (Å²) in [6.45, 7) is 6.30. The molecule has 0 unspecified atom stereocenters. The maximum Gasteiger partial charge on any atom is 0.317 e. The fourth-order valence-electron chi connectivity index (χ4n) is 3.08. The first-order valence-electron chi connectivity index (χ1n) is 8.98. The summed E-state index contributed by atoms with van der Waals surface area (Å²) in [5.74, 6) is -0.119. The molecule has 0 radical (unpaired) electrons. The minimum absolute atomic E-state index is 0.155. The Morgan fingerprint density at radius 3 is 2.30 bits per heavy atom. The highest BCUT2D eigenvalue weighted by Gasteiger charge is 2.27. The molecular weight excluding hydrogens is 349 g/mol. The Morgan fingerprint density at radius 1 is 1.07 bits per heavy atom. The highest BCUT2D eigenvalue weighted by Crippen LogP contribution is 2.22. The first kappa shape index (κ1) is 18.9. The number of benzene rings is 1. The fraction of sp³-hybridized carbons (Fsp3) is 0.400. The molecule has 0 atom stereocenters. The number of hydrogen-bond acceptors (Lipinski definition) is 3. The molecule has 1 saturated heterocycles. The number of rotatable bonds is 4. The molecule has 1 aromatic carbocycles. The molecule has 0 bridgehead atoms. The Morgan fingerprint density at radius 2 is 1.70 bits per heavy atom. The van der Waals surface area contributed by atoms with Gasteiger partial charge in [-0.05, 0) is 29.8 Å². The third-order valence-corrected chi connectivity index (χ3v) is 4.89. The molecule has 6 nitrogen and oxygen atoms in total. The SMILES string of the molecule is CC(C)(CNC(=O)N1CCN(C(=O)c2ccco2)CC1)c1ccc(F)cc1. The van der Waals surface area contributed by atoms with Crippen LogP contribution in [-0.4, -0.2) is 54.5 Å². The largest absolute Gasteiger partial charge is 0.459 e. The molecule has 2 aromatic rings.